The Morgan fingerprint density at radius 3 is 1.90 bits per heavy atom. The first-order valence-corrected chi connectivity index (χ1v) is 21.0. The maximum atomic E-state index is 15.4. The quantitative estimate of drug-likeness (QED) is 0.0663. The number of fused-ring (bicyclic) bond motifs is 1. The highest BCUT2D eigenvalue weighted by Gasteiger charge is 2.34. The average molecular weight is 849 g/mol. The summed E-state index contributed by atoms with van der Waals surface area (Å²) in [4.78, 5) is 46.1. The first-order valence-electron chi connectivity index (χ1n) is 21.0. The molecule has 3 aliphatic heterocycles. The van der Waals surface area contributed by atoms with Crippen LogP contribution in [0.4, 0.5) is 8.63 Å². The lowest BCUT2D eigenvalue weighted by Gasteiger charge is -2.24. The van der Waals surface area contributed by atoms with Crippen molar-refractivity contribution in [3.63, 3.8) is 0 Å². The maximum absolute atomic E-state index is 15.4. The maximum Gasteiger partial charge on any atom is 0.678 e. The van der Waals surface area contributed by atoms with Gasteiger partial charge in [0.05, 0.1) is 76.3 Å². The van der Waals surface area contributed by atoms with Gasteiger partial charge in [-0.1, -0.05) is 36.4 Å². The highest BCUT2D eigenvalue weighted by Crippen LogP contribution is 2.39. The predicted octanol–water partition coefficient (Wildman–Crippen LogP) is 7.31. The molecule has 3 aliphatic rings. The number of hydrogen-bond acceptors (Lipinski definition) is 10. The first kappa shape index (κ1) is 44.3. The van der Waals surface area contributed by atoms with E-state index in [0.29, 0.717) is 136 Å². The van der Waals surface area contributed by atoms with Crippen LogP contribution in [0.1, 0.15) is 73.2 Å². The van der Waals surface area contributed by atoms with Gasteiger partial charge in [-0.15, -0.1) is 0 Å². The van der Waals surface area contributed by atoms with Crippen LogP contribution in [0, 0.1) is 13.8 Å². The topological polar surface area (TPSA) is 121 Å². The Balaban J connectivity index is 1.17. The second-order valence-corrected chi connectivity index (χ2v) is 15.2. The number of rotatable bonds is 11. The fourth-order valence-electron chi connectivity index (χ4n) is 7.89. The fourth-order valence-corrected chi connectivity index (χ4v) is 7.89. The second kappa shape index (κ2) is 20.9. The molecule has 4 heterocycles. The largest absolute Gasteiger partial charge is 0.678 e. The molecule has 0 bridgehead atoms. The zero-order valence-electron chi connectivity index (χ0n) is 35.4. The van der Waals surface area contributed by atoms with Crippen molar-refractivity contribution >= 4 is 36.4 Å². The number of aromatic nitrogens is 1. The smallest absolute Gasteiger partial charge is 0.494 e. The first-order chi connectivity index (χ1) is 30.1. The molecule has 4 aromatic rings. The van der Waals surface area contributed by atoms with Crippen molar-refractivity contribution in [1.82, 2.24) is 14.3 Å². The van der Waals surface area contributed by atoms with Crippen LogP contribution in [0.5, 0.6) is 5.75 Å². The van der Waals surface area contributed by atoms with E-state index < -0.39 is 7.40 Å². The van der Waals surface area contributed by atoms with Crippen LogP contribution in [-0.2, 0) is 18.9 Å². The van der Waals surface area contributed by atoms with Gasteiger partial charge in [0.1, 0.15) is 11.6 Å². The Labute approximate surface area is 360 Å². The number of aryl methyl sites for hydroxylation is 2. The number of nitrogens with zero attached hydrogens (tertiary/aromatic N) is 4. The SMILES string of the molecule is CC(=O)c1ccc(-c2ccc(/C(=C3/C=CC(N4CCOCCOCCOCCOCC4)=N3)c3c(C)cc(OCCCCN4C(=O)c5ccccc5C4=O)cc3C)n2B(F)F)cc1. The number of imide groups is 1. The minimum atomic E-state index is -2.91. The number of carbonyl (C=O) groups is 3. The summed E-state index contributed by atoms with van der Waals surface area (Å²) in [6.07, 6.45) is 4.90. The minimum absolute atomic E-state index is 0.116. The second-order valence-electron chi connectivity index (χ2n) is 15.2. The Bertz CT molecular complexity index is 2290. The number of ether oxygens (including phenoxy) is 5. The molecule has 324 valence electrons. The highest BCUT2D eigenvalue weighted by molar-refractivity contribution is 6.42. The van der Waals surface area contributed by atoms with E-state index in [2.05, 4.69) is 4.90 Å². The highest BCUT2D eigenvalue weighted by atomic mass is 19.2. The fraction of sp³-hybridized carbons (Fsp3) is 0.362. The Kier molecular flexibility index (Phi) is 14.9. The van der Waals surface area contributed by atoms with Crippen molar-refractivity contribution in [2.75, 3.05) is 79.1 Å². The summed E-state index contributed by atoms with van der Waals surface area (Å²) in [5.41, 5.74) is 5.78. The van der Waals surface area contributed by atoms with Crippen LogP contribution in [0.25, 0.3) is 16.8 Å². The monoisotopic (exact) mass is 848 g/mol. The number of Topliss-reactive ketones (excluding diaryl/α,β-unsaturated/α-hetero) is 1. The van der Waals surface area contributed by atoms with Crippen LogP contribution in [-0.4, -0.2) is 124 Å². The molecule has 0 spiro atoms. The molecule has 12 nitrogen and oxygen atoms in total. The van der Waals surface area contributed by atoms with Crippen molar-refractivity contribution in [2.24, 2.45) is 4.99 Å². The van der Waals surface area contributed by atoms with Crippen LogP contribution in [0.15, 0.2) is 95.6 Å². The summed E-state index contributed by atoms with van der Waals surface area (Å²) in [6, 6.07) is 20.6. The van der Waals surface area contributed by atoms with Gasteiger partial charge in [0, 0.05) is 42.2 Å². The zero-order valence-corrected chi connectivity index (χ0v) is 35.4. The number of amides is 2. The number of amidine groups is 1. The van der Waals surface area contributed by atoms with Crippen LogP contribution >= 0.6 is 0 Å². The van der Waals surface area contributed by atoms with Crippen molar-refractivity contribution in [1.29, 1.82) is 0 Å². The molecule has 1 fully saturated rings. The number of hydrogen-bond donors (Lipinski definition) is 0. The van der Waals surface area contributed by atoms with E-state index in [1.165, 1.54) is 11.8 Å². The van der Waals surface area contributed by atoms with Crippen molar-refractivity contribution in [3.05, 3.63) is 130 Å². The number of unbranched alkanes of at least 4 members (excludes halogenated alkanes) is 1. The molecule has 1 aromatic heterocycles. The number of benzene rings is 3. The number of carbonyl (C=O) groups excluding carboxylic acids is 3. The molecule has 1 saturated heterocycles. The summed E-state index contributed by atoms with van der Waals surface area (Å²) in [5.74, 6) is 0.573. The third-order valence-corrected chi connectivity index (χ3v) is 11.0. The lowest BCUT2D eigenvalue weighted by Crippen LogP contribution is -2.35. The third-order valence-electron chi connectivity index (χ3n) is 11.0. The molecule has 0 unspecified atom stereocenters. The standard InChI is InChI=1S/C47H51BF2N4O8/c1-32-30-37(62-21-7-6-18-53-46(56)38-8-4-5-9-39(38)47(53)57)31-33(2)44(32)45(42-16-15-41(54(42)48(49)50)36-12-10-35(11-13-36)34(3)55)40-14-17-43(51-40)52-19-22-58-24-26-60-28-29-61-27-25-59-23-20-52/h4-5,8-17,30-31H,6-7,18-29H2,1-3H3/b45-40+. The molecular formula is C47H51BF2N4O8. The summed E-state index contributed by atoms with van der Waals surface area (Å²) in [7, 11) is -2.91. The Hall–Kier alpha value is -5.74. The van der Waals surface area contributed by atoms with Gasteiger partial charge in [-0.05, 0) is 104 Å². The molecule has 0 atom stereocenters. The minimum Gasteiger partial charge on any atom is -0.494 e. The molecule has 15 heteroatoms. The molecule has 0 radical (unpaired) electrons. The molecule has 0 aliphatic carbocycles. The molecular weight excluding hydrogens is 797 g/mol. The summed E-state index contributed by atoms with van der Waals surface area (Å²) >= 11 is 0. The number of ketones is 1. The van der Waals surface area contributed by atoms with Gasteiger partial charge < -0.3 is 33.1 Å². The van der Waals surface area contributed by atoms with Gasteiger partial charge in [-0.3, -0.25) is 27.9 Å². The van der Waals surface area contributed by atoms with Crippen molar-refractivity contribution in [3.8, 4) is 17.0 Å². The summed E-state index contributed by atoms with van der Waals surface area (Å²) in [5, 5.41) is 0. The van der Waals surface area contributed by atoms with Gasteiger partial charge >= 0.3 is 7.40 Å². The third kappa shape index (κ3) is 10.3. The Morgan fingerprint density at radius 2 is 1.34 bits per heavy atom. The molecule has 3 aromatic carbocycles. The molecule has 62 heavy (non-hydrogen) atoms. The lowest BCUT2D eigenvalue weighted by atomic mass is 9.91. The summed E-state index contributed by atoms with van der Waals surface area (Å²) in [6.45, 7) is 10.5. The van der Waals surface area contributed by atoms with E-state index in [1.54, 1.807) is 60.7 Å². The normalized spacial score (nSPS) is 17.4. The van der Waals surface area contributed by atoms with Crippen LogP contribution in [0.3, 0.4) is 0 Å². The van der Waals surface area contributed by atoms with Gasteiger partial charge in [0.2, 0.25) is 0 Å². The van der Waals surface area contributed by atoms with E-state index in [-0.39, 0.29) is 29.8 Å². The van der Waals surface area contributed by atoms with Gasteiger partial charge in [-0.25, -0.2) is 4.99 Å². The van der Waals surface area contributed by atoms with Gasteiger partial charge in [0.15, 0.2) is 5.78 Å². The molecule has 2 amide bonds. The van der Waals surface area contributed by atoms with Crippen LogP contribution in [0.2, 0.25) is 0 Å². The summed E-state index contributed by atoms with van der Waals surface area (Å²) < 4.78 is 61.0. The zero-order chi connectivity index (χ0) is 43.6. The van der Waals surface area contributed by atoms with E-state index in [4.69, 9.17) is 28.7 Å². The van der Waals surface area contributed by atoms with E-state index in [1.807, 2.05) is 38.1 Å². The van der Waals surface area contributed by atoms with E-state index >= 15 is 8.63 Å². The Morgan fingerprint density at radius 1 is 0.758 bits per heavy atom. The van der Waals surface area contributed by atoms with Crippen LogP contribution < -0.4 is 4.74 Å². The van der Waals surface area contributed by atoms with Crippen molar-refractivity contribution in [2.45, 2.75) is 33.6 Å². The average Bonchev–Trinajstić information content (AvgIpc) is 3.98. The van der Waals surface area contributed by atoms with E-state index in [0.717, 1.165) is 21.2 Å². The number of halogens is 2. The molecule has 7 rings (SSSR count). The molecule has 0 saturated carbocycles. The number of aliphatic imine (C=N–C) groups is 1. The van der Waals surface area contributed by atoms with Gasteiger partial charge in [0.25, 0.3) is 11.8 Å². The van der Waals surface area contributed by atoms with Crippen molar-refractivity contribution < 1.29 is 46.7 Å². The lowest BCUT2D eigenvalue weighted by molar-refractivity contribution is 0.00206. The van der Waals surface area contributed by atoms with Gasteiger partial charge in [-0.2, -0.15) is 0 Å². The predicted molar refractivity (Wildman–Crippen MR) is 233 cm³/mol. The van der Waals surface area contributed by atoms with E-state index in [9.17, 15) is 14.4 Å². The molecule has 0 N–H and O–H groups in total. The number of allylic oxidation sites excluding steroid dienone is 1.